The smallest absolute Gasteiger partial charge is 0.231 e. The zero-order chi connectivity index (χ0) is 28.0. The summed E-state index contributed by atoms with van der Waals surface area (Å²) in [7, 11) is 2.86. The maximum absolute atomic E-state index is 11.1. The number of ether oxygens (including phenoxy) is 6. The number of hydrogen-bond acceptors (Lipinski definition) is 10. The molecule has 0 radical (unpaired) electrons. The summed E-state index contributed by atoms with van der Waals surface area (Å²) in [5, 5.41) is 43.3. The van der Waals surface area contributed by atoms with Gasteiger partial charge in [-0.15, -0.1) is 0 Å². The number of hydrogen-bond donors (Lipinski definition) is 4. The Kier molecular flexibility index (Phi) is 6.22. The Hall–Kier alpha value is -5.12. The minimum absolute atomic E-state index is 0.0351. The number of phenolic OH excluding ortho intramolecular Hbond substituents is 4. The van der Waals surface area contributed by atoms with Crippen LogP contribution in [0, 0.1) is 0 Å². The molecular formula is C30H26O10. The third kappa shape index (κ3) is 4.43. The van der Waals surface area contributed by atoms with E-state index in [1.54, 1.807) is 36.4 Å². The van der Waals surface area contributed by atoms with E-state index in [1.165, 1.54) is 26.4 Å². The lowest BCUT2D eigenvalue weighted by Crippen LogP contribution is -1.97. The van der Waals surface area contributed by atoms with Crippen LogP contribution < -0.4 is 28.4 Å². The van der Waals surface area contributed by atoms with Gasteiger partial charge in [0, 0.05) is 47.2 Å². The predicted molar refractivity (Wildman–Crippen MR) is 142 cm³/mol. The van der Waals surface area contributed by atoms with Gasteiger partial charge in [0.05, 0.1) is 14.2 Å². The first-order valence-electron chi connectivity index (χ1n) is 12.4. The number of rotatable bonds is 7. The van der Waals surface area contributed by atoms with Crippen LogP contribution in [0.3, 0.4) is 0 Å². The first kappa shape index (κ1) is 25.2. The van der Waals surface area contributed by atoms with Gasteiger partial charge in [-0.1, -0.05) is 0 Å². The maximum atomic E-state index is 11.1. The van der Waals surface area contributed by atoms with Crippen LogP contribution in [0.25, 0.3) is 11.1 Å². The molecule has 0 amide bonds. The van der Waals surface area contributed by atoms with Crippen LogP contribution in [0.5, 0.6) is 57.5 Å². The van der Waals surface area contributed by atoms with Crippen molar-refractivity contribution in [3.05, 3.63) is 70.8 Å². The molecule has 0 aromatic heterocycles. The van der Waals surface area contributed by atoms with E-state index in [4.69, 9.17) is 28.4 Å². The zero-order valence-electron chi connectivity index (χ0n) is 21.7. The zero-order valence-corrected chi connectivity index (χ0v) is 21.7. The van der Waals surface area contributed by atoms with Crippen molar-refractivity contribution >= 4 is 0 Å². The number of aromatic hydroxyl groups is 4. The molecule has 0 saturated carbocycles. The largest absolute Gasteiger partial charge is 0.508 e. The van der Waals surface area contributed by atoms with Crippen LogP contribution in [0.4, 0.5) is 0 Å². The summed E-state index contributed by atoms with van der Waals surface area (Å²) in [6.45, 7) is 0.160. The van der Waals surface area contributed by atoms with E-state index < -0.39 is 0 Å². The van der Waals surface area contributed by atoms with Crippen LogP contribution in [-0.2, 0) is 12.8 Å². The summed E-state index contributed by atoms with van der Waals surface area (Å²) < 4.78 is 32.4. The van der Waals surface area contributed by atoms with Gasteiger partial charge in [0.25, 0.3) is 0 Å². The van der Waals surface area contributed by atoms with Crippen molar-refractivity contribution in [1.29, 1.82) is 0 Å². The molecule has 2 aliphatic rings. The molecule has 2 heterocycles. The molecule has 2 aliphatic heterocycles. The molecule has 0 unspecified atom stereocenters. The van der Waals surface area contributed by atoms with Crippen molar-refractivity contribution in [2.45, 2.75) is 12.8 Å². The number of phenols is 4. The molecule has 206 valence electrons. The minimum atomic E-state index is -0.179. The number of fused-ring (bicyclic) bond motifs is 2. The van der Waals surface area contributed by atoms with E-state index in [9.17, 15) is 20.4 Å². The van der Waals surface area contributed by atoms with Gasteiger partial charge in [-0.3, -0.25) is 0 Å². The normalized spacial score (nSPS) is 12.9. The van der Waals surface area contributed by atoms with E-state index in [0.717, 1.165) is 0 Å². The van der Waals surface area contributed by atoms with Crippen LogP contribution in [0.1, 0.15) is 22.3 Å². The van der Waals surface area contributed by atoms with Gasteiger partial charge in [0.2, 0.25) is 13.6 Å². The molecule has 40 heavy (non-hydrogen) atoms. The fourth-order valence-electron chi connectivity index (χ4n) is 4.93. The standard InChI is InChI=1S/C30H26O10/c1-35-27-7-15(3-17-9-23-25(11-21(17)31)39-13-37-23)5-19(29(27)33)20-6-16(8-28(36-2)30(20)34)4-18-10-24-26(12-22(18)32)40-14-38-24/h5-12,31-34H,3-4,13-14H2,1-2H3. The maximum Gasteiger partial charge on any atom is 0.231 e. The van der Waals surface area contributed by atoms with Crippen molar-refractivity contribution in [3.8, 4) is 68.6 Å². The molecular weight excluding hydrogens is 520 g/mol. The molecule has 0 saturated heterocycles. The molecule has 4 aromatic rings. The van der Waals surface area contributed by atoms with Gasteiger partial charge in [-0.05, 0) is 47.5 Å². The highest BCUT2D eigenvalue weighted by molar-refractivity contribution is 5.81. The van der Waals surface area contributed by atoms with Gasteiger partial charge < -0.3 is 48.8 Å². The molecule has 4 aromatic carbocycles. The summed E-state index contributed by atoms with van der Waals surface area (Å²) in [6.07, 6.45) is 0.545. The second-order valence-corrected chi connectivity index (χ2v) is 9.41. The fraction of sp³-hybridized carbons (Fsp3) is 0.200. The molecule has 0 atom stereocenters. The minimum Gasteiger partial charge on any atom is -0.508 e. The van der Waals surface area contributed by atoms with Gasteiger partial charge in [-0.25, -0.2) is 0 Å². The lowest BCUT2D eigenvalue weighted by molar-refractivity contribution is 0.173. The first-order valence-corrected chi connectivity index (χ1v) is 12.4. The van der Waals surface area contributed by atoms with Gasteiger partial charge in [0.1, 0.15) is 11.5 Å². The van der Waals surface area contributed by atoms with Crippen LogP contribution in [0.2, 0.25) is 0 Å². The Morgan fingerprint density at radius 2 is 0.925 bits per heavy atom. The van der Waals surface area contributed by atoms with Crippen LogP contribution >= 0.6 is 0 Å². The Morgan fingerprint density at radius 1 is 0.550 bits per heavy atom. The average molecular weight is 547 g/mol. The molecule has 0 aliphatic carbocycles. The second kappa shape index (κ2) is 9.88. The first-order chi connectivity index (χ1) is 19.3. The topological polar surface area (TPSA) is 136 Å². The SMILES string of the molecule is COc1cc(Cc2cc3c(cc2O)OCO3)cc(-c2cc(Cc3cc4c(cc3O)OCO4)cc(OC)c2O)c1O. The highest BCUT2D eigenvalue weighted by Crippen LogP contribution is 2.47. The van der Waals surface area contributed by atoms with E-state index in [0.29, 0.717) is 56.4 Å². The predicted octanol–water partition coefficient (Wildman–Crippen LogP) is 4.83. The average Bonchev–Trinajstić information content (AvgIpc) is 3.59. The third-order valence-electron chi connectivity index (χ3n) is 6.94. The van der Waals surface area contributed by atoms with Gasteiger partial charge >= 0.3 is 0 Å². The summed E-state index contributed by atoms with van der Waals surface area (Å²) >= 11 is 0. The Labute approximate surface area is 229 Å². The van der Waals surface area contributed by atoms with Crippen molar-refractivity contribution in [2.75, 3.05) is 27.8 Å². The molecule has 10 nitrogen and oxygen atoms in total. The summed E-state index contributed by atoms with van der Waals surface area (Å²) in [5.74, 6) is 2.07. The monoisotopic (exact) mass is 546 g/mol. The molecule has 0 fully saturated rings. The number of benzene rings is 4. The van der Waals surface area contributed by atoms with Crippen LogP contribution in [0.15, 0.2) is 48.5 Å². The van der Waals surface area contributed by atoms with Gasteiger partial charge in [-0.2, -0.15) is 0 Å². The van der Waals surface area contributed by atoms with Crippen molar-refractivity contribution in [1.82, 2.24) is 0 Å². The fourth-order valence-corrected chi connectivity index (χ4v) is 4.93. The summed E-state index contributed by atoms with van der Waals surface area (Å²) in [4.78, 5) is 0. The van der Waals surface area contributed by atoms with E-state index in [1.807, 2.05) is 0 Å². The van der Waals surface area contributed by atoms with Crippen molar-refractivity contribution in [3.63, 3.8) is 0 Å². The third-order valence-corrected chi connectivity index (χ3v) is 6.94. The Bertz CT molecular complexity index is 1510. The van der Waals surface area contributed by atoms with Gasteiger partial charge in [0.15, 0.2) is 46.0 Å². The quantitative estimate of drug-likeness (QED) is 0.255. The second-order valence-electron chi connectivity index (χ2n) is 9.41. The van der Waals surface area contributed by atoms with E-state index >= 15 is 0 Å². The molecule has 0 spiro atoms. The summed E-state index contributed by atoms with van der Waals surface area (Å²) in [6, 6.07) is 13.1. The summed E-state index contributed by atoms with van der Waals surface area (Å²) in [5.41, 5.74) is 3.13. The molecule has 0 bridgehead atoms. The van der Waals surface area contributed by atoms with E-state index in [2.05, 4.69) is 0 Å². The van der Waals surface area contributed by atoms with Crippen LogP contribution in [-0.4, -0.2) is 48.2 Å². The van der Waals surface area contributed by atoms with Crippen molar-refractivity contribution in [2.24, 2.45) is 0 Å². The van der Waals surface area contributed by atoms with E-state index in [-0.39, 0.29) is 60.9 Å². The number of methoxy groups -OCH3 is 2. The highest BCUT2D eigenvalue weighted by Gasteiger charge is 2.23. The Balaban J connectivity index is 1.41. The molecule has 10 heteroatoms. The van der Waals surface area contributed by atoms with Crippen molar-refractivity contribution < 1.29 is 48.8 Å². The highest BCUT2D eigenvalue weighted by atomic mass is 16.7. The molecule has 4 N–H and O–H groups in total. The molecule has 6 rings (SSSR count). The Morgan fingerprint density at radius 3 is 1.30 bits per heavy atom. The lowest BCUT2D eigenvalue weighted by atomic mass is 9.93. The lowest BCUT2D eigenvalue weighted by Gasteiger charge is -2.17.